The van der Waals surface area contributed by atoms with E-state index in [1.807, 2.05) is 18.2 Å². The summed E-state index contributed by atoms with van der Waals surface area (Å²) in [7, 11) is 0. The number of nitrogens with zero attached hydrogens (tertiary/aromatic N) is 1. The predicted molar refractivity (Wildman–Crippen MR) is 83.2 cm³/mol. The second kappa shape index (κ2) is 8.06. The van der Waals surface area contributed by atoms with Crippen molar-refractivity contribution in [3.05, 3.63) is 29.8 Å². The Kier molecular flexibility index (Phi) is 6.68. The number of hydrogen-bond donors (Lipinski definition) is 2. The van der Waals surface area contributed by atoms with Crippen LogP contribution in [0, 0.1) is 6.92 Å². The Morgan fingerprint density at radius 3 is 2.50 bits per heavy atom. The summed E-state index contributed by atoms with van der Waals surface area (Å²) in [5.41, 5.74) is 2.27. The number of rotatable bonds is 6. The Morgan fingerprint density at radius 1 is 1.22 bits per heavy atom. The lowest BCUT2D eigenvalue weighted by Crippen LogP contribution is -2.36. The van der Waals surface area contributed by atoms with Crippen LogP contribution in [0.2, 0.25) is 0 Å². The van der Waals surface area contributed by atoms with Gasteiger partial charge in [-0.25, -0.2) is 0 Å². The minimum Gasteiger partial charge on any atom is -0.361 e. The zero-order chi connectivity index (χ0) is 13.4. The molecule has 18 heavy (non-hydrogen) atoms. The van der Waals surface area contributed by atoms with Gasteiger partial charge in [-0.05, 0) is 43.9 Å². The van der Waals surface area contributed by atoms with E-state index in [1.54, 1.807) is 0 Å². The lowest BCUT2D eigenvalue weighted by Gasteiger charge is -2.19. The van der Waals surface area contributed by atoms with Gasteiger partial charge in [0.25, 0.3) is 0 Å². The maximum absolute atomic E-state index is 5.28. The maximum Gasteiger partial charge on any atom is 0.170 e. The van der Waals surface area contributed by atoms with Crippen molar-refractivity contribution < 1.29 is 0 Å². The second-order valence-corrected chi connectivity index (χ2v) is 4.63. The summed E-state index contributed by atoms with van der Waals surface area (Å²) in [5, 5.41) is 7.15. The molecule has 0 bridgehead atoms. The highest BCUT2D eigenvalue weighted by molar-refractivity contribution is 7.80. The van der Waals surface area contributed by atoms with Crippen molar-refractivity contribution in [1.82, 2.24) is 10.2 Å². The molecule has 2 N–H and O–H groups in total. The topological polar surface area (TPSA) is 27.3 Å². The fraction of sp³-hybridized carbons (Fsp3) is 0.500. The zero-order valence-corrected chi connectivity index (χ0v) is 12.3. The molecule has 0 amide bonds. The minimum atomic E-state index is 0.691. The molecule has 0 saturated carbocycles. The zero-order valence-electron chi connectivity index (χ0n) is 11.5. The molecule has 0 radical (unpaired) electrons. The smallest absolute Gasteiger partial charge is 0.170 e. The molecule has 1 aromatic rings. The normalized spacial score (nSPS) is 10.4. The van der Waals surface area contributed by atoms with Gasteiger partial charge in [0, 0.05) is 18.8 Å². The van der Waals surface area contributed by atoms with Gasteiger partial charge in [-0.1, -0.05) is 32.0 Å². The van der Waals surface area contributed by atoms with Crippen LogP contribution in [-0.2, 0) is 0 Å². The summed E-state index contributed by atoms with van der Waals surface area (Å²) in [6.07, 6.45) is 0. The predicted octanol–water partition coefficient (Wildman–Crippen LogP) is 2.62. The highest BCUT2D eigenvalue weighted by atomic mass is 32.1. The Bertz CT molecular complexity index is 375. The lowest BCUT2D eigenvalue weighted by molar-refractivity contribution is 0.308. The van der Waals surface area contributed by atoms with E-state index in [-0.39, 0.29) is 0 Å². The monoisotopic (exact) mass is 265 g/mol. The number of benzene rings is 1. The maximum atomic E-state index is 5.28. The summed E-state index contributed by atoms with van der Waals surface area (Å²) in [6, 6.07) is 8.14. The number of para-hydroxylation sites is 1. The Morgan fingerprint density at radius 2 is 1.89 bits per heavy atom. The lowest BCUT2D eigenvalue weighted by atomic mass is 10.2. The first-order valence-corrected chi connectivity index (χ1v) is 6.91. The minimum absolute atomic E-state index is 0.691. The molecule has 0 saturated heterocycles. The summed E-state index contributed by atoms with van der Waals surface area (Å²) < 4.78 is 0. The molecule has 100 valence electrons. The van der Waals surface area contributed by atoms with Gasteiger partial charge >= 0.3 is 0 Å². The van der Waals surface area contributed by atoms with Crippen LogP contribution in [0.4, 0.5) is 5.69 Å². The van der Waals surface area contributed by atoms with Gasteiger partial charge in [-0.3, -0.25) is 0 Å². The van der Waals surface area contributed by atoms with Crippen LogP contribution >= 0.6 is 12.2 Å². The van der Waals surface area contributed by atoms with Crippen molar-refractivity contribution in [2.45, 2.75) is 20.8 Å². The third kappa shape index (κ3) is 5.02. The molecule has 3 nitrogen and oxygen atoms in total. The molecule has 0 aliphatic rings. The molecule has 0 fully saturated rings. The van der Waals surface area contributed by atoms with Crippen molar-refractivity contribution in [3.63, 3.8) is 0 Å². The Labute approximate surface area is 116 Å². The molecule has 0 unspecified atom stereocenters. The average molecular weight is 265 g/mol. The Balaban J connectivity index is 2.32. The fourth-order valence-electron chi connectivity index (χ4n) is 1.75. The number of nitrogens with one attached hydrogen (secondary N) is 2. The van der Waals surface area contributed by atoms with Crippen LogP contribution in [0.25, 0.3) is 0 Å². The molecule has 1 rings (SSSR count). The van der Waals surface area contributed by atoms with Crippen LogP contribution in [-0.4, -0.2) is 36.2 Å². The van der Waals surface area contributed by atoms with E-state index in [0.717, 1.165) is 31.9 Å². The van der Waals surface area contributed by atoms with E-state index in [9.17, 15) is 0 Å². The summed E-state index contributed by atoms with van der Waals surface area (Å²) in [4.78, 5) is 2.36. The SMILES string of the molecule is CCN(CC)CCNC(=S)Nc1ccccc1C. The molecule has 0 aromatic heterocycles. The van der Waals surface area contributed by atoms with E-state index in [4.69, 9.17) is 12.2 Å². The summed E-state index contributed by atoms with van der Waals surface area (Å²) in [6.45, 7) is 10.5. The van der Waals surface area contributed by atoms with Gasteiger partial charge in [0.1, 0.15) is 0 Å². The number of anilines is 1. The quantitative estimate of drug-likeness (QED) is 0.773. The van der Waals surface area contributed by atoms with E-state index in [1.165, 1.54) is 5.56 Å². The number of hydrogen-bond acceptors (Lipinski definition) is 2. The number of likely N-dealkylation sites (N-methyl/N-ethyl adjacent to an activating group) is 1. The molecule has 0 atom stereocenters. The fourth-order valence-corrected chi connectivity index (χ4v) is 1.96. The van der Waals surface area contributed by atoms with E-state index < -0.39 is 0 Å². The van der Waals surface area contributed by atoms with Crippen LogP contribution in [0.5, 0.6) is 0 Å². The molecule has 4 heteroatoms. The first-order chi connectivity index (χ1) is 8.67. The number of aryl methyl sites for hydroxylation is 1. The molecule has 0 heterocycles. The highest BCUT2D eigenvalue weighted by Crippen LogP contribution is 2.12. The van der Waals surface area contributed by atoms with Gasteiger partial charge < -0.3 is 15.5 Å². The molecule has 0 aliphatic carbocycles. The molecule has 1 aromatic carbocycles. The van der Waals surface area contributed by atoms with E-state index in [0.29, 0.717) is 5.11 Å². The van der Waals surface area contributed by atoms with Gasteiger partial charge in [0.15, 0.2) is 5.11 Å². The largest absolute Gasteiger partial charge is 0.361 e. The summed E-state index contributed by atoms with van der Waals surface area (Å²) in [5.74, 6) is 0. The highest BCUT2D eigenvalue weighted by Gasteiger charge is 2.01. The van der Waals surface area contributed by atoms with E-state index in [2.05, 4.69) is 42.4 Å². The molecule has 0 spiro atoms. The third-order valence-corrected chi connectivity index (χ3v) is 3.25. The third-order valence-electron chi connectivity index (χ3n) is 3.00. The van der Waals surface area contributed by atoms with Crippen LogP contribution in [0.15, 0.2) is 24.3 Å². The van der Waals surface area contributed by atoms with Crippen LogP contribution in [0.1, 0.15) is 19.4 Å². The summed E-state index contributed by atoms with van der Waals surface area (Å²) >= 11 is 5.28. The molecule has 0 aliphatic heterocycles. The van der Waals surface area contributed by atoms with Crippen LogP contribution in [0.3, 0.4) is 0 Å². The van der Waals surface area contributed by atoms with Gasteiger partial charge in [-0.2, -0.15) is 0 Å². The van der Waals surface area contributed by atoms with Crippen molar-refractivity contribution in [1.29, 1.82) is 0 Å². The second-order valence-electron chi connectivity index (χ2n) is 4.22. The average Bonchev–Trinajstić information content (AvgIpc) is 2.37. The van der Waals surface area contributed by atoms with E-state index >= 15 is 0 Å². The van der Waals surface area contributed by atoms with Crippen molar-refractivity contribution in [2.24, 2.45) is 0 Å². The molecular formula is C14H23N3S. The first kappa shape index (κ1) is 14.9. The van der Waals surface area contributed by atoms with Gasteiger partial charge in [-0.15, -0.1) is 0 Å². The first-order valence-electron chi connectivity index (χ1n) is 6.50. The number of thiocarbonyl (C=S) groups is 1. The van der Waals surface area contributed by atoms with Crippen molar-refractivity contribution in [3.8, 4) is 0 Å². The Hall–Kier alpha value is -1.13. The van der Waals surface area contributed by atoms with Gasteiger partial charge in [0.2, 0.25) is 0 Å². The van der Waals surface area contributed by atoms with Crippen molar-refractivity contribution in [2.75, 3.05) is 31.5 Å². The van der Waals surface area contributed by atoms with Crippen molar-refractivity contribution >= 4 is 23.0 Å². The standard InChI is InChI=1S/C14H23N3S/c1-4-17(5-2)11-10-15-14(18)16-13-9-7-6-8-12(13)3/h6-9H,4-5,10-11H2,1-3H3,(H2,15,16,18). The molecular weight excluding hydrogens is 242 g/mol. The van der Waals surface area contributed by atoms with Crippen LogP contribution < -0.4 is 10.6 Å². The van der Waals surface area contributed by atoms with Gasteiger partial charge in [0.05, 0.1) is 0 Å².